The van der Waals surface area contributed by atoms with Crippen molar-refractivity contribution in [2.45, 2.75) is 13.8 Å². The van der Waals surface area contributed by atoms with E-state index >= 15 is 0 Å². The van der Waals surface area contributed by atoms with Crippen molar-refractivity contribution in [2.24, 2.45) is 5.16 Å². The van der Waals surface area contributed by atoms with Gasteiger partial charge >= 0.3 is 7.29 Å². The predicted octanol–water partition coefficient (Wildman–Crippen LogP) is 2.42. The first kappa shape index (κ1) is 12.4. The van der Waals surface area contributed by atoms with Crippen molar-refractivity contribution in [1.82, 2.24) is 0 Å². The maximum Gasteiger partial charge on any atom is 0.383 e. The molecule has 0 unspecified atom stereocenters. The highest BCUT2D eigenvalue weighted by Crippen LogP contribution is 2.08. The minimum Gasteiger partial charge on any atom is -0.261 e. The third-order valence-electron chi connectivity index (χ3n) is 1.73. The number of halogens is 1. The van der Waals surface area contributed by atoms with Gasteiger partial charge in [0.25, 0.3) is 0 Å². The minimum atomic E-state index is -3.55. The standard InChI is InChI=1S/C9H10INO3S/c1-7-3-5-9(6-4-7)8(2)11-14-15(10,12)13/h3-6H,1-2H3. The zero-order valence-corrected chi connectivity index (χ0v) is 11.2. The Labute approximate surface area is 101 Å². The van der Waals surface area contributed by atoms with E-state index in [0.717, 1.165) is 11.1 Å². The molecule has 0 atom stereocenters. The van der Waals surface area contributed by atoms with E-state index < -0.39 is 7.29 Å². The first-order valence-electron chi connectivity index (χ1n) is 4.13. The van der Waals surface area contributed by atoms with E-state index in [1.54, 1.807) is 6.92 Å². The van der Waals surface area contributed by atoms with E-state index in [0.29, 0.717) is 5.71 Å². The number of oxime groups is 1. The Balaban J connectivity index is 2.85. The summed E-state index contributed by atoms with van der Waals surface area (Å²) in [6.45, 7) is 3.66. The van der Waals surface area contributed by atoms with Crippen LogP contribution in [0.3, 0.4) is 0 Å². The SMILES string of the molecule is CC(=NOS(=O)(=O)I)c1ccc(C)cc1. The highest BCUT2D eigenvalue weighted by molar-refractivity contribution is 14.2. The average molecular weight is 339 g/mol. The van der Waals surface area contributed by atoms with Crippen molar-refractivity contribution in [3.8, 4) is 0 Å². The predicted molar refractivity (Wildman–Crippen MR) is 67.4 cm³/mol. The number of hydrogen-bond acceptors (Lipinski definition) is 4. The summed E-state index contributed by atoms with van der Waals surface area (Å²) in [5.41, 5.74) is 2.49. The highest BCUT2D eigenvalue weighted by atomic mass is 127. The van der Waals surface area contributed by atoms with Crippen molar-refractivity contribution < 1.29 is 12.7 Å². The smallest absolute Gasteiger partial charge is 0.261 e. The molecule has 0 saturated heterocycles. The largest absolute Gasteiger partial charge is 0.383 e. The zero-order chi connectivity index (χ0) is 11.5. The van der Waals surface area contributed by atoms with Crippen LogP contribution in [0.15, 0.2) is 29.4 Å². The summed E-state index contributed by atoms with van der Waals surface area (Å²) in [6.07, 6.45) is 0. The van der Waals surface area contributed by atoms with Gasteiger partial charge in [0, 0.05) is 0 Å². The summed E-state index contributed by atoms with van der Waals surface area (Å²) < 4.78 is 25.7. The molecule has 6 heteroatoms. The van der Waals surface area contributed by atoms with Crippen LogP contribution in [-0.2, 0) is 11.6 Å². The molecule has 82 valence electrons. The van der Waals surface area contributed by atoms with Gasteiger partial charge in [0.1, 0.15) is 21.2 Å². The van der Waals surface area contributed by atoms with Gasteiger partial charge in [-0.2, -0.15) is 8.42 Å². The van der Waals surface area contributed by atoms with Gasteiger partial charge in [0.2, 0.25) is 0 Å². The van der Waals surface area contributed by atoms with Gasteiger partial charge < -0.3 is 0 Å². The molecule has 1 rings (SSSR count). The number of rotatable bonds is 3. The van der Waals surface area contributed by atoms with Crippen LogP contribution in [0.5, 0.6) is 0 Å². The fourth-order valence-electron chi connectivity index (χ4n) is 0.948. The fourth-order valence-corrected chi connectivity index (χ4v) is 1.39. The topological polar surface area (TPSA) is 55.7 Å². The van der Waals surface area contributed by atoms with Gasteiger partial charge in [-0.25, -0.2) is 0 Å². The summed E-state index contributed by atoms with van der Waals surface area (Å²) >= 11 is 1.18. The van der Waals surface area contributed by atoms with Crippen molar-refractivity contribution in [1.29, 1.82) is 0 Å². The van der Waals surface area contributed by atoms with E-state index in [1.165, 1.54) is 21.2 Å². The molecule has 0 spiro atoms. The van der Waals surface area contributed by atoms with Crippen LogP contribution in [0.4, 0.5) is 0 Å². The summed E-state index contributed by atoms with van der Waals surface area (Å²) in [6, 6.07) is 7.56. The fraction of sp³-hybridized carbons (Fsp3) is 0.222. The quantitative estimate of drug-likeness (QED) is 0.368. The summed E-state index contributed by atoms with van der Waals surface area (Å²) in [5.74, 6) is 0. The molecule has 0 aromatic heterocycles. The van der Waals surface area contributed by atoms with Crippen LogP contribution in [-0.4, -0.2) is 14.1 Å². The van der Waals surface area contributed by atoms with Crippen molar-refractivity contribution in [3.63, 3.8) is 0 Å². The number of benzene rings is 1. The lowest BCUT2D eigenvalue weighted by molar-refractivity contribution is 0.353. The first-order valence-corrected chi connectivity index (χ1v) is 8.08. The number of hydrogen-bond donors (Lipinski definition) is 0. The average Bonchev–Trinajstić information content (AvgIpc) is 2.14. The lowest BCUT2D eigenvalue weighted by atomic mass is 10.1. The van der Waals surface area contributed by atoms with Crippen molar-refractivity contribution in [2.75, 3.05) is 0 Å². The molecule has 15 heavy (non-hydrogen) atoms. The van der Waals surface area contributed by atoms with Crippen LogP contribution in [0, 0.1) is 6.92 Å². The molecule has 4 nitrogen and oxygen atoms in total. The number of aryl methyl sites for hydroxylation is 1. The molecule has 0 aliphatic rings. The monoisotopic (exact) mass is 339 g/mol. The normalized spacial score (nSPS) is 12.6. The van der Waals surface area contributed by atoms with E-state index in [2.05, 4.69) is 9.44 Å². The van der Waals surface area contributed by atoms with Crippen molar-refractivity contribution in [3.05, 3.63) is 35.4 Å². The van der Waals surface area contributed by atoms with Gasteiger partial charge in [-0.05, 0) is 19.4 Å². The van der Waals surface area contributed by atoms with Crippen LogP contribution < -0.4 is 0 Å². The van der Waals surface area contributed by atoms with E-state index in [4.69, 9.17) is 0 Å². The lowest BCUT2D eigenvalue weighted by Gasteiger charge is -2.00. The van der Waals surface area contributed by atoms with Gasteiger partial charge in [0.15, 0.2) is 0 Å². The Kier molecular flexibility index (Phi) is 4.09. The second kappa shape index (κ2) is 4.93. The maximum atomic E-state index is 10.7. The molecule has 0 N–H and O–H groups in total. The van der Waals surface area contributed by atoms with E-state index in [9.17, 15) is 8.42 Å². The van der Waals surface area contributed by atoms with Crippen LogP contribution in [0.2, 0.25) is 0 Å². The molecule has 0 radical (unpaired) electrons. The highest BCUT2D eigenvalue weighted by Gasteiger charge is 2.04. The molecule has 0 bridgehead atoms. The van der Waals surface area contributed by atoms with Gasteiger partial charge in [-0.3, -0.25) is 4.28 Å². The van der Waals surface area contributed by atoms with Gasteiger partial charge in [-0.15, -0.1) is 0 Å². The molecule has 1 aromatic rings. The van der Waals surface area contributed by atoms with Crippen LogP contribution >= 0.6 is 21.2 Å². The van der Waals surface area contributed by atoms with Crippen molar-refractivity contribution >= 4 is 34.2 Å². The zero-order valence-electron chi connectivity index (χ0n) is 8.27. The second-order valence-corrected chi connectivity index (χ2v) is 7.18. The number of nitrogens with zero attached hydrogens (tertiary/aromatic N) is 1. The van der Waals surface area contributed by atoms with Gasteiger partial charge in [-0.1, -0.05) is 35.0 Å². The molecular weight excluding hydrogens is 329 g/mol. The summed E-state index contributed by atoms with van der Waals surface area (Å²) in [7, 11) is -3.55. The molecule has 0 fully saturated rings. The summed E-state index contributed by atoms with van der Waals surface area (Å²) in [5, 5.41) is 3.52. The van der Waals surface area contributed by atoms with Gasteiger partial charge in [0.05, 0.1) is 5.71 Å². The van der Waals surface area contributed by atoms with E-state index in [-0.39, 0.29) is 0 Å². The van der Waals surface area contributed by atoms with E-state index in [1.807, 2.05) is 31.2 Å². The molecule has 0 saturated carbocycles. The molecule has 1 aromatic carbocycles. The Morgan fingerprint density at radius 1 is 1.33 bits per heavy atom. The Hall–Kier alpha value is -0.630. The summed E-state index contributed by atoms with van der Waals surface area (Å²) in [4.78, 5) is 0. The maximum absolute atomic E-state index is 10.7. The Bertz CT molecular complexity index is 465. The molecule has 0 heterocycles. The second-order valence-electron chi connectivity index (χ2n) is 3.01. The Morgan fingerprint density at radius 2 is 1.87 bits per heavy atom. The first-order chi connectivity index (χ1) is 6.88. The molecule has 0 amide bonds. The lowest BCUT2D eigenvalue weighted by Crippen LogP contribution is -1.98. The molecule has 0 aliphatic heterocycles. The van der Waals surface area contributed by atoms with Crippen LogP contribution in [0.25, 0.3) is 0 Å². The Morgan fingerprint density at radius 3 is 2.33 bits per heavy atom. The van der Waals surface area contributed by atoms with Crippen LogP contribution in [0.1, 0.15) is 18.1 Å². The molecular formula is C9H10INO3S. The molecule has 0 aliphatic carbocycles. The third kappa shape index (κ3) is 4.61. The third-order valence-corrected chi connectivity index (χ3v) is 2.47. The minimum absolute atomic E-state index is 0.523.